The minimum Gasteiger partial charge on any atom is -0.372 e. The van der Waals surface area contributed by atoms with Gasteiger partial charge in [-0.3, -0.25) is 0 Å². The lowest BCUT2D eigenvalue weighted by Crippen LogP contribution is -2.42. The van der Waals surface area contributed by atoms with Gasteiger partial charge in [-0.1, -0.05) is 48.0 Å². The predicted molar refractivity (Wildman–Crippen MR) is 129 cm³/mol. The van der Waals surface area contributed by atoms with E-state index in [-0.39, 0.29) is 12.1 Å². The summed E-state index contributed by atoms with van der Waals surface area (Å²) in [5, 5.41) is 0. The van der Waals surface area contributed by atoms with Crippen molar-refractivity contribution in [3.05, 3.63) is 65.7 Å². The van der Waals surface area contributed by atoms with E-state index in [0.29, 0.717) is 16.1 Å². The second-order valence-corrected chi connectivity index (χ2v) is 12.3. The Morgan fingerprint density at radius 2 is 1.73 bits per heavy atom. The molecule has 0 spiro atoms. The van der Waals surface area contributed by atoms with Crippen molar-refractivity contribution in [3.8, 4) is 0 Å². The Labute approximate surface area is 189 Å². The maximum atomic E-state index is 12.9. The van der Waals surface area contributed by atoms with Gasteiger partial charge in [-0.2, -0.15) is 0 Å². The van der Waals surface area contributed by atoms with Gasteiger partial charge >= 0.3 is 0 Å². The second-order valence-electron chi connectivity index (χ2n) is 7.66. The van der Waals surface area contributed by atoms with Crippen molar-refractivity contribution in [2.75, 3.05) is 11.5 Å². The number of hydrogen-bond donors (Lipinski definition) is 1. The first-order chi connectivity index (χ1) is 14.4. The van der Waals surface area contributed by atoms with Crippen LogP contribution < -0.4 is 4.72 Å². The van der Waals surface area contributed by atoms with Crippen LogP contribution in [0.2, 0.25) is 0 Å². The van der Waals surface area contributed by atoms with Crippen LogP contribution >= 0.6 is 23.5 Å². The Hall–Kier alpha value is -0.990. The van der Waals surface area contributed by atoms with E-state index in [2.05, 4.69) is 4.72 Å². The molecule has 7 heteroatoms. The first-order valence-corrected chi connectivity index (χ1v) is 14.0. The van der Waals surface area contributed by atoms with Crippen molar-refractivity contribution in [2.24, 2.45) is 0 Å². The van der Waals surface area contributed by atoms with Crippen molar-refractivity contribution in [1.29, 1.82) is 0 Å². The lowest BCUT2D eigenvalue weighted by molar-refractivity contribution is 0.0177. The molecule has 0 aliphatic carbocycles. The Bertz CT molecular complexity index is 866. The van der Waals surface area contributed by atoms with Crippen molar-refractivity contribution in [1.82, 2.24) is 4.72 Å². The van der Waals surface area contributed by atoms with E-state index < -0.39 is 10.0 Å². The van der Waals surface area contributed by atoms with E-state index in [0.717, 1.165) is 24.0 Å². The normalized spacial score (nSPS) is 17.5. The number of hydrogen-bond acceptors (Lipinski definition) is 5. The van der Waals surface area contributed by atoms with E-state index in [1.54, 1.807) is 12.1 Å². The SMILES string of the molecule is Cc1ccc(S(=O)(=O)N[C@@H](C)[C@@H](CCC2SCCCS2)OCc2ccccc2)cc1. The number of benzene rings is 2. The number of rotatable bonds is 10. The molecule has 0 radical (unpaired) electrons. The maximum absolute atomic E-state index is 12.9. The highest BCUT2D eigenvalue weighted by atomic mass is 32.2. The molecule has 4 nitrogen and oxygen atoms in total. The molecule has 1 aliphatic heterocycles. The van der Waals surface area contributed by atoms with Gasteiger partial charge in [0.15, 0.2) is 0 Å². The summed E-state index contributed by atoms with van der Waals surface area (Å²) in [6, 6.07) is 16.7. The first kappa shape index (κ1) is 23.7. The zero-order valence-corrected chi connectivity index (χ0v) is 20.1. The Balaban J connectivity index is 1.65. The molecule has 1 heterocycles. The molecule has 0 unspecified atom stereocenters. The molecule has 1 fully saturated rings. The van der Waals surface area contributed by atoms with Crippen LogP contribution in [0, 0.1) is 6.92 Å². The number of thioether (sulfide) groups is 2. The fraction of sp³-hybridized carbons (Fsp3) is 0.478. The molecule has 1 N–H and O–H groups in total. The highest BCUT2D eigenvalue weighted by Crippen LogP contribution is 2.34. The Morgan fingerprint density at radius 3 is 2.40 bits per heavy atom. The topological polar surface area (TPSA) is 55.4 Å². The number of aryl methyl sites for hydroxylation is 1. The van der Waals surface area contributed by atoms with E-state index in [1.807, 2.05) is 79.8 Å². The Kier molecular flexibility index (Phi) is 9.13. The van der Waals surface area contributed by atoms with Crippen molar-refractivity contribution in [3.63, 3.8) is 0 Å². The highest BCUT2D eigenvalue weighted by Gasteiger charge is 2.26. The highest BCUT2D eigenvalue weighted by molar-refractivity contribution is 8.17. The summed E-state index contributed by atoms with van der Waals surface area (Å²) >= 11 is 4.02. The summed E-state index contributed by atoms with van der Waals surface area (Å²) in [7, 11) is -3.59. The third kappa shape index (κ3) is 7.31. The van der Waals surface area contributed by atoms with Gasteiger partial charge < -0.3 is 4.74 Å². The fourth-order valence-electron chi connectivity index (χ4n) is 3.36. The second kappa shape index (κ2) is 11.6. The van der Waals surface area contributed by atoms with Crippen LogP contribution in [-0.4, -0.2) is 36.7 Å². The van der Waals surface area contributed by atoms with Gasteiger partial charge in [0.05, 0.1) is 22.2 Å². The largest absolute Gasteiger partial charge is 0.372 e. The number of ether oxygens (including phenoxy) is 1. The molecule has 0 saturated carbocycles. The van der Waals surface area contributed by atoms with Crippen LogP contribution in [0.15, 0.2) is 59.5 Å². The van der Waals surface area contributed by atoms with Crippen LogP contribution in [0.25, 0.3) is 0 Å². The summed E-state index contributed by atoms with van der Waals surface area (Å²) < 4.78 is 35.4. The van der Waals surface area contributed by atoms with Crippen molar-refractivity contribution >= 4 is 33.5 Å². The zero-order chi connectivity index (χ0) is 21.4. The van der Waals surface area contributed by atoms with Crippen LogP contribution in [0.5, 0.6) is 0 Å². The summed E-state index contributed by atoms with van der Waals surface area (Å²) in [6.45, 7) is 4.33. The summed E-state index contributed by atoms with van der Waals surface area (Å²) in [5.74, 6) is 2.42. The van der Waals surface area contributed by atoms with Gasteiger partial charge in [0.1, 0.15) is 0 Å². The van der Waals surface area contributed by atoms with Gasteiger partial charge in [-0.25, -0.2) is 13.1 Å². The summed E-state index contributed by atoms with van der Waals surface area (Å²) in [4.78, 5) is 0.292. The lowest BCUT2D eigenvalue weighted by atomic mass is 10.1. The number of nitrogens with one attached hydrogen (secondary N) is 1. The molecular weight excluding hydrogens is 434 g/mol. The fourth-order valence-corrected chi connectivity index (χ4v) is 7.53. The van der Waals surface area contributed by atoms with Crippen LogP contribution in [-0.2, 0) is 21.4 Å². The molecule has 0 amide bonds. The molecule has 0 aromatic heterocycles. The van der Waals surface area contributed by atoms with E-state index in [9.17, 15) is 8.42 Å². The quantitative estimate of drug-likeness (QED) is 0.521. The van der Waals surface area contributed by atoms with Gasteiger partial charge in [0, 0.05) is 6.04 Å². The third-order valence-corrected chi connectivity index (χ3v) is 9.78. The van der Waals surface area contributed by atoms with Gasteiger partial charge in [-0.05, 0) is 62.3 Å². The first-order valence-electron chi connectivity index (χ1n) is 10.4. The molecule has 2 atom stereocenters. The monoisotopic (exact) mass is 465 g/mol. The van der Waals surface area contributed by atoms with Crippen LogP contribution in [0.4, 0.5) is 0 Å². The van der Waals surface area contributed by atoms with Crippen LogP contribution in [0.3, 0.4) is 0 Å². The molecule has 30 heavy (non-hydrogen) atoms. The average molecular weight is 466 g/mol. The predicted octanol–water partition coefficient (Wildman–Crippen LogP) is 5.22. The van der Waals surface area contributed by atoms with Crippen molar-refractivity contribution < 1.29 is 13.2 Å². The summed E-state index contributed by atoms with van der Waals surface area (Å²) in [6.07, 6.45) is 2.93. The van der Waals surface area contributed by atoms with E-state index in [1.165, 1.54) is 17.9 Å². The van der Waals surface area contributed by atoms with Gasteiger partial charge in [0.2, 0.25) is 10.0 Å². The van der Waals surface area contributed by atoms with E-state index >= 15 is 0 Å². The zero-order valence-electron chi connectivity index (χ0n) is 17.6. The van der Waals surface area contributed by atoms with Crippen LogP contribution in [0.1, 0.15) is 37.3 Å². The lowest BCUT2D eigenvalue weighted by Gasteiger charge is -2.28. The van der Waals surface area contributed by atoms with Crippen molar-refractivity contribution in [2.45, 2.75) is 61.3 Å². The molecule has 2 aromatic carbocycles. The average Bonchev–Trinajstić information content (AvgIpc) is 2.75. The maximum Gasteiger partial charge on any atom is 0.240 e. The molecule has 164 valence electrons. The molecule has 3 rings (SSSR count). The van der Waals surface area contributed by atoms with E-state index in [4.69, 9.17) is 4.74 Å². The van der Waals surface area contributed by atoms with Gasteiger partial charge in [0.25, 0.3) is 0 Å². The minimum absolute atomic E-state index is 0.187. The third-order valence-electron chi connectivity index (χ3n) is 5.12. The molecular formula is C23H31NO3S3. The summed E-state index contributed by atoms with van der Waals surface area (Å²) in [5.41, 5.74) is 2.13. The molecule has 0 bridgehead atoms. The minimum atomic E-state index is -3.59. The molecule has 1 aliphatic rings. The Morgan fingerprint density at radius 1 is 1.07 bits per heavy atom. The molecule has 2 aromatic rings. The number of sulfonamides is 1. The standard InChI is InChI=1S/C23H31NO3S3/c1-18-9-11-21(12-10-18)30(25,26)24-19(2)22(13-14-23-28-15-6-16-29-23)27-17-20-7-4-3-5-8-20/h3-5,7-12,19,22-24H,6,13-17H2,1-2H3/t19-,22+/m0/s1. The smallest absolute Gasteiger partial charge is 0.240 e. The van der Waals surface area contributed by atoms with Gasteiger partial charge in [-0.15, -0.1) is 23.5 Å². The molecule has 1 saturated heterocycles.